The number of hydrogen-bond donors (Lipinski definition) is 1. The molecule has 1 N–H and O–H groups in total. The van der Waals surface area contributed by atoms with E-state index in [0.29, 0.717) is 0 Å². The van der Waals surface area contributed by atoms with E-state index < -0.39 is 24.5 Å². The highest BCUT2D eigenvalue weighted by molar-refractivity contribution is 5.84. The predicted molar refractivity (Wildman–Crippen MR) is 75.0 cm³/mol. The Morgan fingerprint density at radius 1 is 1.19 bits per heavy atom. The van der Waals surface area contributed by atoms with E-state index in [4.69, 9.17) is 14.6 Å². The Kier molecular flexibility index (Phi) is 9.11. The average Bonchev–Trinajstić information content (AvgIpc) is 2.39. The van der Waals surface area contributed by atoms with Crippen molar-refractivity contribution in [1.29, 1.82) is 0 Å². The van der Waals surface area contributed by atoms with Crippen molar-refractivity contribution in [3.05, 3.63) is 0 Å². The molecule has 8 heteroatoms. The molecule has 0 aromatic rings. The van der Waals surface area contributed by atoms with Gasteiger partial charge in [0, 0.05) is 19.7 Å². The second-order valence-electron chi connectivity index (χ2n) is 4.62. The van der Waals surface area contributed by atoms with E-state index in [9.17, 15) is 14.4 Å². The molecule has 0 heterocycles. The van der Waals surface area contributed by atoms with Crippen LogP contribution < -0.4 is 0 Å². The maximum atomic E-state index is 12.4. The van der Waals surface area contributed by atoms with Gasteiger partial charge in [-0.15, -0.1) is 0 Å². The number of carbonyl (C=O) groups excluding carboxylic acids is 2. The summed E-state index contributed by atoms with van der Waals surface area (Å²) in [5.74, 6) is -1.65. The van der Waals surface area contributed by atoms with Crippen LogP contribution in [0.5, 0.6) is 0 Å². The maximum absolute atomic E-state index is 12.4. The van der Waals surface area contributed by atoms with Crippen molar-refractivity contribution >= 4 is 18.0 Å². The topological polar surface area (TPSA) is 96.4 Å². The summed E-state index contributed by atoms with van der Waals surface area (Å²) >= 11 is 0. The van der Waals surface area contributed by atoms with Gasteiger partial charge >= 0.3 is 18.0 Å². The second kappa shape index (κ2) is 9.98. The molecular formula is C13H24N2O6. The third-order valence-electron chi connectivity index (χ3n) is 2.64. The number of amides is 2. The number of carboxylic acid groups (broad SMARTS) is 1. The first-order valence-electron chi connectivity index (χ1n) is 6.75. The Balaban J connectivity index is 4.95. The zero-order valence-corrected chi connectivity index (χ0v) is 13.0. The molecule has 21 heavy (non-hydrogen) atoms. The molecule has 0 bridgehead atoms. The zero-order chi connectivity index (χ0) is 16.4. The van der Waals surface area contributed by atoms with Crippen molar-refractivity contribution in [3.63, 3.8) is 0 Å². The summed E-state index contributed by atoms with van der Waals surface area (Å²) < 4.78 is 9.72. The van der Waals surface area contributed by atoms with Gasteiger partial charge in [-0.2, -0.15) is 0 Å². The molecule has 0 aromatic carbocycles. The van der Waals surface area contributed by atoms with Crippen molar-refractivity contribution < 1.29 is 29.0 Å². The van der Waals surface area contributed by atoms with E-state index in [0.717, 1.165) is 0 Å². The van der Waals surface area contributed by atoms with E-state index in [1.165, 1.54) is 16.9 Å². The fourth-order valence-electron chi connectivity index (χ4n) is 1.60. The van der Waals surface area contributed by atoms with E-state index >= 15 is 0 Å². The fourth-order valence-corrected chi connectivity index (χ4v) is 1.60. The predicted octanol–water partition coefficient (Wildman–Crippen LogP) is 0.413. The van der Waals surface area contributed by atoms with Crippen LogP contribution in [0.3, 0.4) is 0 Å². The number of ether oxygens (including phenoxy) is 2. The van der Waals surface area contributed by atoms with Gasteiger partial charge in [0.25, 0.3) is 0 Å². The molecule has 0 aromatic heterocycles. The monoisotopic (exact) mass is 304 g/mol. The molecule has 0 radical (unpaired) electrons. The first kappa shape index (κ1) is 19.2. The van der Waals surface area contributed by atoms with Crippen molar-refractivity contribution in [1.82, 2.24) is 9.80 Å². The van der Waals surface area contributed by atoms with Crippen molar-refractivity contribution in [2.45, 2.75) is 26.8 Å². The van der Waals surface area contributed by atoms with Crippen LogP contribution in [-0.4, -0.2) is 78.9 Å². The van der Waals surface area contributed by atoms with Crippen LogP contribution in [-0.2, 0) is 19.1 Å². The first-order valence-corrected chi connectivity index (χ1v) is 6.75. The number of esters is 1. The van der Waals surface area contributed by atoms with E-state index in [-0.39, 0.29) is 32.3 Å². The molecule has 0 rings (SSSR count). The van der Waals surface area contributed by atoms with Gasteiger partial charge in [-0.25, -0.2) is 4.79 Å². The molecule has 2 amide bonds. The molecule has 0 aliphatic rings. The highest BCUT2D eigenvalue weighted by atomic mass is 16.5. The number of hydrogen-bond acceptors (Lipinski definition) is 5. The van der Waals surface area contributed by atoms with Gasteiger partial charge in [-0.1, -0.05) is 0 Å². The summed E-state index contributed by atoms with van der Waals surface area (Å²) in [4.78, 5) is 37.2. The number of carbonyl (C=O) groups is 3. The van der Waals surface area contributed by atoms with Crippen molar-refractivity contribution in [2.75, 3.05) is 40.0 Å². The molecule has 0 fully saturated rings. The maximum Gasteiger partial charge on any atom is 0.325 e. The van der Waals surface area contributed by atoms with Gasteiger partial charge in [0.15, 0.2) is 0 Å². The quantitative estimate of drug-likeness (QED) is 0.620. The Morgan fingerprint density at radius 3 is 2.24 bits per heavy atom. The highest BCUT2D eigenvalue weighted by Gasteiger charge is 2.26. The summed E-state index contributed by atoms with van der Waals surface area (Å²) in [7, 11) is 1.48. The van der Waals surface area contributed by atoms with Crippen LogP contribution in [0.4, 0.5) is 4.79 Å². The normalized spacial score (nSPS) is 10.3. The van der Waals surface area contributed by atoms with Gasteiger partial charge in [-0.05, 0) is 20.8 Å². The minimum absolute atomic E-state index is 0.178. The largest absolute Gasteiger partial charge is 0.480 e. The van der Waals surface area contributed by atoms with Gasteiger partial charge < -0.3 is 24.4 Å². The van der Waals surface area contributed by atoms with Crippen LogP contribution in [0.2, 0.25) is 0 Å². The number of aliphatic carboxylic acids is 1. The SMILES string of the molecule is CCOC(=O)CN(CCOC)C(=O)N(CC(=O)O)C(C)C. The first-order chi connectivity index (χ1) is 9.83. The van der Waals surface area contributed by atoms with Crippen LogP contribution in [0.1, 0.15) is 20.8 Å². The molecule has 0 atom stereocenters. The number of carboxylic acids is 1. The van der Waals surface area contributed by atoms with Gasteiger partial charge in [-0.3, -0.25) is 9.59 Å². The summed E-state index contributed by atoms with van der Waals surface area (Å²) in [5, 5.41) is 8.88. The average molecular weight is 304 g/mol. The third-order valence-corrected chi connectivity index (χ3v) is 2.64. The fraction of sp³-hybridized carbons (Fsp3) is 0.769. The summed E-state index contributed by atoms with van der Waals surface area (Å²) in [6, 6.07) is -0.835. The van der Waals surface area contributed by atoms with E-state index in [1.54, 1.807) is 20.8 Å². The lowest BCUT2D eigenvalue weighted by molar-refractivity contribution is -0.144. The Labute approximate surface area is 124 Å². The third kappa shape index (κ3) is 7.50. The molecule has 8 nitrogen and oxygen atoms in total. The van der Waals surface area contributed by atoms with E-state index in [1.807, 2.05) is 0 Å². The van der Waals surface area contributed by atoms with Crippen molar-refractivity contribution in [3.8, 4) is 0 Å². The number of urea groups is 1. The molecule has 0 saturated carbocycles. The van der Waals surface area contributed by atoms with Crippen LogP contribution in [0.25, 0.3) is 0 Å². The lowest BCUT2D eigenvalue weighted by atomic mass is 10.3. The molecule has 0 spiro atoms. The summed E-state index contributed by atoms with van der Waals surface area (Å²) in [6.45, 7) is 5.06. The van der Waals surface area contributed by atoms with Gasteiger partial charge in [0.05, 0.1) is 13.2 Å². The van der Waals surface area contributed by atoms with Gasteiger partial charge in [0.2, 0.25) is 0 Å². The lowest BCUT2D eigenvalue weighted by Gasteiger charge is -2.31. The second-order valence-corrected chi connectivity index (χ2v) is 4.62. The molecule has 0 saturated heterocycles. The summed E-state index contributed by atoms with van der Waals surface area (Å²) in [6.07, 6.45) is 0. The Morgan fingerprint density at radius 2 is 1.81 bits per heavy atom. The minimum atomic E-state index is -1.11. The molecule has 0 aliphatic carbocycles. The Bertz CT molecular complexity index is 359. The lowest BCUT2D eigenvalue weighted by Crippen LogP contribution is -2.50. The minimum Gasteiger partial charge on any atom is -0.480 e. The number of rotatable bonds is 9. The van der Waals surface area contributed by atoms with Crippen LogP contribution in [0, 0.1) is 0 Å². The van der Waals surface area contributed by atoms with Crippen molar-refractivity contribution in [2.24, 2.45) is 0 Å². The highest BCUT2D eigenvalue weighted by Crippen LogP contribution is 2.05. The standard InChI is InChI=1S/C13H24N2O6/c1-5-21-12(18)9-14(6-7-20-4)13(19)15(10(2)3)8-11(16)17/h10H,5-9H2,1-4H3,(H,16,17). The van der Waals surface area contributed by atoms with Gasteiger partial charge in [0.1, 0.15) is 13.1 Å². The zero-order valence-electron chi connectivity index (χ0n) is 13.0. The van der Waals surface area contributed by atoms with E-state index in [2.05, 4.69) is 0 Å². The number of methoxy groups -OCH3 is 1. The van der Waals surface area contributed by atoms with Crippen LogP contribution >= 0.6 is 0 Å². The molecule has 122 valence electrons. The molecule has 0 unspecified atom stereocenters. The van der Waals surface area contributed by atoms with Crippen LogP contribution in [0.15, 0.2) is 0 Å². The Hall–Kier alpha value is -1.83. The molecule has 0 aliphatic heterocycles. The molecular weight excluding hydrogens is 280 g/mol. The summed E-state index contributed by atoms with van der Waals surface area (Å²) in [5.41, 5.74) is 0. The number of nitrogens with zero attached hydrogens (tertiary/aromatic N) is 2. The smallest absolute Gasteiger partial charge is 0.325 e.